The van der Waals surface area contributed by atoms with E-state index in [1.807, 2.05) is 66.4 Å². The number of carbonyl (C=O) groups excluding carboxylic acids is 2. The molecular formula is C25H26N2O4S. The van der Waals surface area contributed by atoms with Gasteiger partial charge < -0.3 is 14.4 Å². The van der Waals surface area contributed by atoms with Crippen LogP contribution in [0.4, 0.5) is 5.69 Å². The first-order chi connectivity index (χ1) is 15.5. The number of piperidine rings is 1. The van der Waals surface area contributed by atoms with Crippen LogP contribution in [0, 0.1) is 6.92 Å². The number of nitrogens with zero attached hydrogens (tertiary/aromatic N) is 2. The highest BCUT2D eigenvalue weighted by Crippen LogP contribution is 2.42. The molecule has 0 bridgehead atoms. The van der Waals surface area contributed by atoms with E-state index in [0.29, 0.717) is 44.1 Å². The van der Waals surface area contributed by atoms with Gasteiger partial charge in [0.25, 0.3) is 5.91 Å². The lowest BCUT2D eigenvalue weighted by Gasteiger charge is -2.38. The first-order valence-corrected chi connectivity index (χ1v) is 11.8. The average Bonchev–Trinajstić information content (AvgIpc) is 3.26. The second-order valence-corrected chi connectivity index (χ2v) is 9.45. The van der Waals surface area contributed by atoms with E-state index < -0.39 is 5.79 Å². The third-order valence-electron chi connectivity index (χ3n) is 6.19. The summed E-state index contributed by atoms with van der Waals surface area (Å²) in [6, 6.07) is 15.8. The summed E-state index contributed by atoms with van der Waals surface area (Å²) in [4.78, 5) is 31.6. The van der Waals surface area contributed by atoms with Crippen molar-refractivity contribution in [3.63, 3.8) is 0 Å². The Morgan fingerprint density at radius 3 is 2.47 bits per heavy atom. The molecule has 0 aliphatic carbocycles. The summed E-state index contributed by atoms with van der Waals surface area (Å²) in [5.74, 6) is -0.716. The van der Waals surface area contributed by atoms with Gasteiger partial charge in [-0.05, 0) is 30.7 Å². The number of anilines is 1. The Hall–Kier alpha value is -2.61. The molecule has 6 nitrogen and oxygen atoms in total. The minimum Gasteiger partial charge on any atom is -0.347 e. The summed E-state index contributed by atoms with van der Waals surface area (Å²) < 4.78 is 11.5. The molecule has 0 radical (unpaired) electrons. The molecule has 3 aliphatic heterocycles. The Balaban J connectivity index is 1.35. The standard InChI is InChI=1S/C25H26N2O4S/c1-18-6-8-19(9-7-18)16-22-24(29)27(20-4-2-3-5-21(20)32-22)17-23(28)26-12-10-25(11-13-26)30-14-15-31-25/h2-9,16H,10-15,17H2,1H3/b22-16+. The van der Waals surface area contributed by atoms with Gasteiger partial charge in [-0.15, -0.1) is 0 Å². The van der Waals surface area contributed by atoms with Gasteiger partial charge in [0.15, 0.2) is 5.79 Å². The molecule has 3 heterocycles. The highest BCUT2D eigenvalue weighted by atomic mass is 32.2. The fourth-order valence-electron chi connectivity index (χ4n) is 4.35. The molecule has 2 amide bonds. The topological polar surface area (TPSA) is 59.1 Å². The summed E-state index contributed by atoms with van der Waals surface area (Å²) in [6.07, 6.45) is 3.23. The summed E-state index contributed by atoms with van der Waals surface area (Å²) in [5, 5.41) is 0. The van der Waals surface area contributed by atoms with Crippen molar-refractivity contribution in [2.75, 3.05) is 37.7 Å². The number of amides is 2. The summed E-state index contributed by atoms with van der Waals surface area (Å²) in [6.45, 7) is 4.43. The van der Waals surface area contributed by atoms with Crippen LogP contribution in [0.25, 0.3) is 6.08 Å². The number of carbonyl (C=O) groups is 2. The number of para-hydroxylation sites is 1. The number of likely N-dealkylation sites (tertiary alicyclic amines) is 1. The van der Waals surface area contributed by atoms with Gasteiger partial charge in [0.2, 0.25) is 5.91 Å². The molecule has 2 saturated heterocycles. The van der Waals surface area contributed by atoms with Crippen LogP contribution in [0.2, 0.25) is 0 Å². The molecule has 0 N–H and O–H groups in total. The molecule has 166 valence electrons. The van der Waals surface area contributed by atoms with E-state index in [9.17, 15) is 9.59 Å². The van der Waals surface area contributed by atoms with Crippen LogP contribution in [-0.4, -0.2) is 55.3 Å². The highest BCUT2D eigenvalue weighted by Gasteiger charge is 2.41. The van der Waals surface area contributed by atoms with Crippen LogP contribution in [0.5, 0.6) is 0 Å². The molecule has 3 aliphatic rings. The summed E-state index contributed by atoms with van der Waals surface area (Å²) in [7, 11) is 0. The zero-order chi connectivity index (χ0) is 22.1. The Morgan fingerprint density at radius 1 is 1.06 bits per heavy atom. The van der Waals surface area contributed by atoms with Crippen molar-refractivity contribution >= 4 is 35.3 Å². The minimum atomic E-state index is -0.523. The Bertz CT molecular complexity index is 1050. The number of rotatable bonds is 3. The Labute approximate surface area is 192 Å². The molecule has 0 saturated carbocycles. The largest absolute Gasteiger partial charge is 0.347 e. The molecule has 32 heavy (non-hydrogen) atoms. The van der Waals surface area contributed by atoms with Gasteiger partial charge in [-0.2, -0.15) is 0 Å². The van der Waals surface area contributed by atoms with Gasteiger partial charge in [-0.25, -0.2) is 0 Å². The second kappa shape index (κ2) is 8.73. The van der Waals surface area contributed by atoms with E-state index in [-0.39, 0.29) is 18.4 Å². The minimum absolute atomic E-state index is 0.0242. The van der Waals surface area contributed by atoms with Crippen LogP contribution in [0.15, 0.2) is 58.3 Å². The number of aryl methyl sites for hydroxylation is 1. The second-order valence-electron chi connectivity index (χ2n) is 8.37. The fourth-order valence-corrected chi connectivity index (χ4v) is 5.41. The van der Waals surface area contributed by atoms with Crippen molar-refractivity contribution in [3.8, 4) is 0 Å². The van der Waals surface area contributed by atoms with Crippen molar-refractivity contribution in [2.24, 2.45) is 0 Å². The zero-order valence-electron chi connectivity index (χ0n) is 18.1. The van der Waals surface area contributed by atoms with E-state index in [1.54, 1.807) is 4.90 Å². The SMILES string of the molecule is Cc1ccc(/C=C2/Sc3ccccc3N(CC(=O)N3CCC4(CC3)OCCO4)C2=O)cc1. The van der Waals surface area contributed by atoms with Crippen molar-refractivity contribution in [2.45, 2.75) is 30.4 Å². The molecule has 2 aromatic carbocycles. The molecular weight excluding hydrogens is 424 g/mol. The van der Waals surface area contributed by atoms with Crippen LogP contribution < -0.4 is 4.90 Å². The number of hydrogen-bond acceptors (Lipinski definition) is 5. The summed E-state index contributed by atoms with van der Waals surface area (Å²) >= 11 is 1.46. The molecule has 2 aromatic rings. The predicted octanol–water partition coefficient (Wildman–Crippen LogP) is 3.84. The van der Waals surface area contributed by atoms with Crippen LogP contribution in [0.3, 0.4) is 0 Å². The number of fused-ring (bicyclic) bond motifs is 1. The number of hydrogen-bond donors (Lipinski definition) is 0. The van der Waals surface area contributed by atoms with Crippen molar-refractivity contribution in [1.82, 2.24) is 4.90 Å². The van der Waals surface area contributed by atoms with Gasteiger partial charge in [0.1, 0.15) is 6.54 Å². The van der Waals surface area contributed by atoms with Crippen molar-refractivity contribution in [1.29, 1.82) is 0 Å². The number of thioether (sulfide) groups is 1. The first kappa shape index (κ1) is 21.2. The number of ether oxygens (including phenoxy) is 2. The van der Waals surface area contributed by atoms with E-state index in [2.05, 4.69) is 0 Å². The lowest BCUT2D eigenvalue weighted by molar-refractivity contribution is -0.187. The van der Waals surface area contributed by atoms with Gasteiger partial charge in [-0.3, -0.25) is 14.5 Å². The van der Waals surface area contributed by atoms with Gasteiger partial charge in [0.05, 0.1) is 23.8 Å². The molecule has 0 aromatic heterocycles. The maximum atomic E-state index is 13.4. The van der Waals surface area contributed by atoms with Crippen LogP contribution >= 0.6 is 11.8 Å². The normalized spacial score (nSPS) is 21.3. The average molecular weight is 451 g/mol. The molecule has 7 heteroatoms. The monoisotopic (exact) mass is 450 g/mol. The fraction of sp³-hybridized carbons (Fsp3) is 0.360. The van der Waals surface area contributed by atoms with Gasteiger partial charge >= 0.3 is 0 Å². The highest BCUT2D eigenvalue weighted by molar-refractivity contribution is 8.04. The Morgan fingerprint density at radius 2 is 1.75 bits per heavy atom. The lowest BCUT2D eigenvalue weighted by Crippen LogP contribution is -2.51. The van der Waals surface area contributed by atoms with E-state index in [1.165, 1.54) is 17.3 Å². The third kappa shape index (κ3) is 4.20. The van der Waals surface area contributed by atoms with Gasteiger partial charge in [-0.1, -0.05) is 53.7 Å². The maximum Gasteiger partial charge on any atom is 0.265 e. The van der Waals surface area contributed by atoms with Gasteiger partial charge in [0, 0.05) is 30.8 Å². The molecule has 1 spiro atoms. The van der Waals surface area contributed by atoms with Crippen LogP contribution in [-0.2, 0) is 19.1 Å². The molecule has 2 fully saturated rings. The Kier molecular flexibility index (Phi) is 5.80. The quantitative estimate of drug-likeness (QED) is 0.665. The predicted molar refractivity (Wildman–Crippen MR) is 124 cm³/mol. The lowest BCUT2D eigenvalue weighted by atomic mass is 10.0. The van der Waals surface area contributed by atoms with Crippen molar-refractivity contribution in [3.05, 3.63) is 64.6 Å². The summed E-state index contributed by atoms with van der Waals surface area (Å²) in [5.41, 5.74) is 2.92. The molecule has 0 atom stereocenters. The van der Waals surface area contributed by atoms with E-state index >= 15 is 0 Å². The number of benzene rings is 2. The zero-order valence-corrected chi connectivity index (χ0v) is 18.9. The van der Waals surface area contributed by atoms with E-state index in [4.69, 9.17) is 9.47 Å². The van der Waals surface area contributed by atoms with E-state index in [0.717, 1.165) is 16.1 Å². The maximum absolute atomic E-state index is 13.4. The molecule has 0 unspecified atom stereocenters. The van der Waals surface area contributed by atoms with Crippen molar-refractivity contribution < 1.29 is 19.1 Å². The molecule has 5 rings (SSSR count). The smallest absolute Gasteiger partial charge is 0.265 e. The van der Waals surface area contributed by atoms with Crippen LogP contribution in [0.1, 0.15) is 24.0 Å². The third-order valence-corrected chi connectivity index (χ3v) is 7.27. The first-order valence-electron chi connectivity index (χ1n) is 11.0.